The van der Waals surface area contributed by atoms with Gasteiger partial charge in [-0.15, -0.1) is 0 Å². The van der Waals surface area contributed by atoms with E-state index in [0.717, 1.165) is 16.0 Å². The third kappa shape index (κ3) is 3.31. The molecule has 2 aliphatic rings. The van der Waals surface area contributed by atoms with Crippen molar-refractivity contribution in [1.29, 1.82) is 0 Å². The zero-order valence-corrected chi connectivity index (χ0v) is 19.3. The smallest absolute Gasteiger partial charge is 0.329 e. The molecule has 0 aromatic heterocycles. The second-order valence-electron chi connectivity index (χ2n) is 9.08. The summed E-state index contributed by atoms with van der Waals surface area (Å²) in [5, 5.41) is 13.8. The number of aryl methyl sites for hydroxylation is 1. The third-order valence-corrected chi connectivity index (χ3v) is 7.18. The Morgan fingerprint density at radius 2 is 1.51 bits per heavy atom. The Bertz CT molecular complexity index is 1350. The summed E-state index contributed by atoms with van der Waals surface area (Å²) in [5.41, 5.74) is 1.05. The van der Waals surface area contributed by atoms with Crippen molar-refractivity contribution in [1.82, 2.24) is 5.32 Å². The van der Waals surface area contributed by atoms with Gasteiger partial charge in [-0.2, -0.15) is 0 Å². The average Bonchev–Trinajstić information content (AvgIpc) is 3.34. The van der Waals surface area contributed by atoms with Gasteiger partial charge in [-0.05, 0) is 54.8 Å². The zero-order valence-electron chi connectivity index (χ0n) is 19.3. The topological polar surface area (TPSA) is 104 Å². The van der Waals surface area contributed by atoms with Crippen LogP contribution in [0.4, 0.5) is 5.69 Å². The van der Waals surface area contributed by atoms with Crippen LogP contribution >= 0.6 is 0 Å². The summed E-state index contributed by atoms with van der Waals surface area (Å²) in [6.07, 6.45) is 0. The molecule has 2 N–H and O–H groups in total. The van der Waals surface area contributed by atoms with Crippen molar-refractivity contribution in [2.24, 2.45) is 11.8 Å². The van der Waals surface area contributed by atoms with Crippen LogP contribution in [0.1, 0.15) is 40.0 Å². The first-order chi connectivity index (χ1) is 16.8. The minimum atomic E-state index is -1.79. The number of carboxylic acid groups (broad SMARTS) is 1. The monoisotopic (exact) mass is 468 g/mol. The molecule has 2 heterocycles. The van der Waals surface area contributed by atoms with E-state index in [-0.39, 0.29) is 5.78 Å². The lowest BCUT2D eigenvalue weighted by molar-refractivity contribution is -0.149. The number of anilines is 1. The van der Waals surface area contributed by atoms with E-state index in [2.05, 4.69) is 5.32 Å². The predicted molar refractivity (Wildman–Crippen MR) is 129 cm³/mol. The molecule has 3 aromatic carbocycles. The SMILES string of the molecule is CC(=O)c1ccc(N2C(=O)C3C(c4ccccc4C)NC(C(=O)O)(c4ccccc4)C3C2=O)cc1. The van der Waals surface area contributed by atoms with Gasteiger partial charge in [0, 0.05) is 11.6 Å². The summed E-state index contributed by atoms with van der Waals surface area (Å²) in [6, 6.07) is 21.5. The molecule has 2 aliphatic heterocycles. The van der Waals surface area contributed by atoms with Gasteiger partial charge in [0.15, 0.2) is 11.3 Å². The number of rotatable bonds is 5. The van der Waals surface area contributed by atoms with Gasteiger partial charge in [0.05, 0.1) is 17.5 Å². The van der Waals surface area contributed by atoms with Crippen LogP contribution in [-0.4, -0.2) is 28.7 Å². The first-order valence-electron chi connectivity index (χ1n) is 11.4. The summed E-state index contributed by atoms with van der Waals surface area (Å²) < 4.78 is 0. The van der Waals surface area contributed by atoms with Gasteiger partial charge in [0.1, 0.15) is 0 Å². The molecule has 0 saturated carbocycles. The molecule has 176 valence electrons. The normalized spacial score (nSPS) is 25.5. The van der Waals surface area contributed by atoms with E-state index in [9.17, 15) is 24.3 Å². The largest absolute Gasteiger partial charge is 0.480 e. The van der Waals surface area contributed by atoms with Gasteiger partial charge in [-0.1, -0.05) is 54.6 Å². The quantitative estimate of drug-likeness (QED) is 0.438. The molecule has 2 saturated heterocycles. The predicted octanol–water partition coefficient (Wildman–Crippen LogP) is 3.63. The van der Waals surface area contributed by atoms with Gasteiger partial charge in [-0.3, -0.25) is 19.7 Å². The van der Waals surface area contributed by atoms with Gasteiger partial charge in [0.2, 0.25) is 11.8 Å². The van der Waals surface area contributed by atoms with Crippen LogP contribution in [0.2, 0.25) is 0 Å². The fourth-order valence-corrected chi connectivity index (χ4v) is 5.50. The van der Waals surface area contributed by atoms with Crippen LogP contribution in [0.3, 0.4) is 0 Å². The molecule has 0 spiro atoms. The molecule has 0 bridgehead atoms. The maximum atomic E-state index is 13.9. The van der Waals surface area contributed by atoms with Crippen molar-refractivity contribution < 1.29 is 24.3 Å². The summed E-state index contributed by atoms with van der Waals surface area (Å²) in [4.78, 5) is 53.5. The van der Waals surface area contributed by atoms with Gasteiger partial charge < -0.3 is 5.11 Å². The lowest BCUT2D eigenvalue weighted by Crippen LogP contribution is -2.53. The highest BCUT2D eigenvalue weighted by Gasteiger charge is 2.69. The molecule has 5 rings (SSSR count). The number of Topliss-reactive ketones (excluding diaryl/α,β-unsaturated/α-hetero) is 1. The fraction of sp³-hybridized carbons (Fsp3) is 0.214. The van der Waals surface area contributed by atoms with E-state index in [1.807, 2.05) is 31.2 Å². The molecular formula is C28H24N2O5. The zero-order chi connectivity index (χ0) is 24.9. The van der Waals surface area contributed by atoms with Gasteiger partial charge in [-0.25, -0.2) is 9.69 Å². The Balaban J connectivity index is 1.70. The second-order valence-corrected chi connectivity index (χ2v) is 9.08. The molecule has 3 aromatic rings. The number of nitrogens with zero attached hydrogens (tertiary/aromatic N) is 1. The number of hydrogen-bond acceptors (Lipinski definition) is 5. The van der Waals surface area contributed by atoms with E-state index >= 15 is 0 Å². The molecule has 2 fully saturated rings. The maximum absolute atomic E-state index is 13.9. The number of benzene rings is 3. The van der Waals surface area contributed by atoms with Crippen molar-refractivity contribution in [2.45, 2.75) is 25.4 Å². The number of imide groups is 1. The Labute approximate surface area is 202 Å². The van der Waals surface area contributed by atoms with E-state index in [4.69, 9.17) is 0 Å². The molecule has 0 radical (unpaired) electrons. The third-order valence-electron chi connectivity index (χ3n) is 7.18. The first kappa shape index (κ1) is 22.7. The summed E-state index contributed by atoms with van der Waals surface area (Å²) in [7, 11) is 0. The van der Waals surface area contributed by atoms with Crippen molar-refractivity contribution in [3.05, 3.63) is 101 Å². The Morgan fingerprint density at radius 1 is 0.886 bits per heavy atom. The standard InChI is InChI=1S/C28H24N2O5/c1-16-8-6-7-11-21(16)24-22-23(28(29-24,27(34)35)19-9-4-3-5-10-19)26(33)30(25(22)32)20-14-12-18(13-15-20)17(2)31/h3-15,22-24,29H,1-2H3,(H,34,35). The fourth-order valence-electron chi connectivity index (χ4n) is 5.50. The van der Waals surface area contributed by atoms with Crippen molar-refractivity contribution >= 4 is 29.3 Å². The number of amides is 2. The number of carboxylic acids is 1. The summed E-state index contributed by atoms with van der Waals surface area (Å²) in [6.45, 7) is 3.33. The van der Waals surface area contributed by atoms with E-state index in [0.29, 0.717) is 16.8 Å². The van der Waals surface area contributed by atoms with Crippen LogP contribution in [0, 0.1) is 18.8 Å². The highest BCUT2D eigenvalue weighted by molar-refractivity contribution is 6.24. The first-order valence-corrected chi connectivity index (χ1v) is 11.4. The average molecular weight is 469 g/mol. The number of hydrogen-bond donors (Lipinski definition) is 2. The molecule has 4 atom stereocenters. The highest BCUT2D eigenvalue weighted by atomic mass is 16.4. The lowest BCUT2D eigenvalue weighted by Gasteiger charge is -2.32. The van der Waals surface area contributed by atoms with Crippen molar-refractivity contribution in [2.75, 3.05) is 4.90 Å². The summed E-state index contributed by atoms with van der Waals surface area (Å²) >= 11 is 0. The number of fused-ring (bicyclic) bond motifs is 1. The Kier molecular flexibility index (Phi) is 5.37. The summed E-state index contributed by atoms with van der Waals surface area (Å²) in [5.74, 6) is -4.48. The molecule has 35 heavy (non-hydrogen) atoms. The Morgan fingerprint density at radius 3 is 2.11 bits per heavy atom. The van der Waals surface area contributed by atoms with Crippen LogP contribution in [0.15, 0.2) is 78.9 Å². The van der Waals surface area contributed by atoms with E-state index in [1.165, 1.54) is 6.92 Å². The van der Waals surface area contributed by atoms with Crippen molar-refractivity contribution in [3.8, 4) is 0 Å². The number of nitrogens with one attached hydrogen (secondary N) is 1. The van der Waals surface area contributed by atoms with Crippen LogP contribution < -0.4 is 10.2 Å². The Hall–Kier alpha value is -4.10. The van der Waals surface area contributed by atoms with Crippen molar-refractivity contribution in [3.63, 3.8) is 0 Å². The van der Waals surface area contributed by atoms with Crippen LogP contribution in [0.25, 0.3) is 0 Å². The van der Waals surface area contributed by atoms with Crippen LogP contribution in [0.5, 0.6) is 0 Å². The number of carbonyl (C=O) groups is 4. The molecule has 2 amide bonds. The minimum Gasteiger partial charge on any atom is -0.480 e. The minimum absolute atomic E-state index is 0.134. The second kappa shape index (κ2) is 8.29. The number of aliphatic carboxylic acids is 1. The molecule has 4 unspecified atom stereocenters. The van der Waals surface area contributed by atoms with Crippen LogP contribution in [-0.2, 0) is 19.9 Å². The number of ketones is 1. The maximum Gasteiger partial charge on any atom is 0.329 e. The van der Waals surface area contributed by atoms with E-state index in [1.54, 1.807) is 54.6 Å². The molecule has 0 aliphatic carbocycles. The van der Waals surface area contributed by atoms with Gasteiger partial charge in [0.25, 0.3) is 0 Å². The number of carbonyl (C=O) groups excluding carboxylic acids is 3. The highest BCUT2D eigenvalue weighted by Crippen LogP contribution is 2.54. The lowest BCUT2D eigenvalue weighted by atomic mass is 9.75. The molecular weight excluding hydrogens is 444 g/mol. The molecule has 7 heteroatoms. The van der Waals surface area contributed by atoms with E-state index < -0.39 is 41.2 Å². The van der Waals surface area contributed by atoms with Gasteiger partial charge >= 0.3 is 5.97 Å². The molecule has 7 nitrogen and oxygen atoms in total.